The standard InChI is InChI=1S/C20H22N4/c21-11-9-18-6-3-13-24(18)20-22-12-10-19(23-20)17-8-7-15-4-1-2-5-16(15)14-17/h1-2,4-5,7-8,10,12,14,18H,3,6,9,11,13,21H2. The van der Waals surface area contributed by atoms with Crippen LogP contribution in [-0.4, -0.2) is 29.1 Å². The van der Waals surface area contributed by atoms with Gasteiger partial charge in [0.05, 0.1) is 5.69 Å². The Bertz CT molecular complexity index is 846. The summed E-state index contributed by atoms with van der Waals surface area (Å²) in [5.74, 6) is 0.830. The zero-order valence-electron chi connectivity index (χ0n) is 13.7. The summed E-state index contributed by atoms with van der Waals surface area (Å²) in [6.45, 7) is 1.73. The molecular weight excluding hydrogens is 296 g/mol. The molecule has 4 rings (SSSR count). The predicted molar refractivity (Wildman–Crippen MR) is 99.0 cm³/mol. The molecule has 1 saturated heterocycles. The average Bonchev–Trinajstić information content (AvgIpc) is 3.10. The first-order valence-electron chi connectivity index (χ1n) is 8.64. The highest BCUT2D eigenvalue weighted by molar-refractivity contribution is 5.86. The quantitative estimate of drug-likeness (QED) is 0.798. The van der Waals surface area contributed by atoms with Crippen molar-refractivity contribution < 1.29 is 0 Å². The second-order valence-corrected chi connectivity index (χ2v) is 6.37. The Morgan fingerprint density at radius 2 is 1.96 bits per heavy atom. The Balaban J connectivity index is 1.68. The summed E-state index contributed by atoms with van der Waals surface area (Å²) in [6, 6.07) is 17.3. The maximum atomic E-state index is 5.75. The predicted octanol–water partition coefficient (Wildman–Crippen LogP) is 3.61. The van der Waals surface area contributed by atoms with Gasteiger partial charge in [-0.3, -0.25) is 0 Å². The van der Waals surface area contributed by atoms with Gasteiger partial charge < -0.3 is 10.6 Å². The highest BCUT2D eigenvalue weighted by atomic mass is 15.3. The third-order valence-electron chi connectivity index (χ3n) is 4.82. The molecule has 0 saturated carbocycles. The van der Waals surface area contributed by atoms with E-state index >= 15 is 0 Å². The molecule has 4 nitrogen and oxygen atoms in total. The van der Waals surface area contributed by atoms with Crippen molar-refractivity contribution in [3.8, 4) is 11.3 Å². The molecule has 4 heteroatoms. The Hall–Kier alpha value is -2.46. The summed E-state index contributed by atoms with van der Waals surface area (Å²) >= 11 is 0. The van der Waals surface area contributed by atoms with E-state index < -0.39 is 0 Å². The van der Waals surface area contributed by atoms with Crippen LogP contribution in [0, 0.1) is 0 Å². The number of rotatable bonds is 4. The van der Waals surface area contributed by atoms with Gasteiger partial charge in [0, 0.05) is 24.3 Å². The molecule has 1 aromatic heterocycles. The van der Waals surface area contributed by atoms with Crippen molar-refractivity contribution in [1.29, 1.82) is 0 Å². The van der Waals surface area contributed by atoms with Crippen LogP contribution in [0.4, 0.5) is 5.95 Å². The lowest BCUT2D eigenvalue weighted by Crippen LogP contribution is -2.32. The van der Waals surface area contributed by atoms with Crippen LogP contribution in [0.5, 0.6) is 0 Å². The molecule has 0 amide bonds. The van der Waals surface area contributed by atoms with Crippen molar-refractivity contribution in [2.45, 2.75) is 25.3 Å². The molecule has 122 valence electrons. The average molecular weight is 318 g/mol. The van der Waals surface area contributed by atoms with Crippen LogP contribution < -0.4 is 10.6 Å². The summed E-state index contributed by atoms with van der Waals surface area (Å²) in [7, 11) is 0. The van der Waals surface area contributed by atoms with Gasteiger partial charge in [0.1, 0.15) is 0 Å². The highest BCUT2D eigenvalue weighted by Crippen LogP contribution is 2.27. The van der Waals surface area contributed by atoms with E-state index in [2.05, 4.69) is 52.3 Å². The SMILES string of the molecule is NCCC1CCCN1c1nccc(-c2ccc3ccccc3c2)n1. The van der Waals surface area contributed by atoms with Crippen molar-refractivity contribution in [2.24, 2.45) is 5.73 Å². The van der Waals surface area contributed by atoms with Gasteiger partial charge in [0.2, 0.25) is 5.95 Å². The summed E-state index contributed by atoms with van der Waals surface area (Å²) in [4.78, 5) is 11.7. The van der Waals surface area contributed by atoms with Crippen molar-refractivity contribution in [3.63, 3.8) is 0 Å². The van der Waals surface area contributed by atoms with E-state index in [0.717, 1.165) is 30.2 Å². The molecular formula is C20H22N4. The first-order chi connectivity index (χ1) is 11.8. The molecule has 0 spiro atoms. The van der Waals surface area contributed by atoms with Crippen LogP contribution in [0.25, 0.3) is 22.0 Å². The van der Waals surface area contributed by atoms with Crippen LogP contribution in [0.3, 0.4) is 0 Å². The zero-order chi connectivity index (χ0) is 16.4. The number of fused-ring (bicyclic) bond motifs is 1. The van der Waals surface area contributed by atoms with Crippen molar-refractivity contribution >= 4 is 16.7 Å². The van der Waals surface area contributed by atoms with Crippen LogP contribution in [0.2, 0.25) is 0 Å². The maximum absolute atomic E-state index is 5.75. The second kappa shape index (κ2) is 6.57. The molecule has 24 heavy (non-hydrogen) atoms. The normalized spacial score (nSPS) is 17.5. The number of nitrogens with two attached hydrogens (primary N) is 1. The fourth-order valence-electron chi connectivity index (χ4n) is 3.59. The summed E-state index contributed by atoms with van der Waals surface area (Å²) < 4.78 is 0. The first kappa shape index (κ1) is 15.1. The lowest BCUT2D eigenvalue weighted by atomic mass is 10.1. The van der Waals surface area contributed by atoms with Gasteiger partial charge in [-0.2, -0.15) is 0 Å². The molecule has 1 aliphatic heterocycles. The summed E-state index contributed by atoms with van der Waals surface area (Å²) in [6.07, 6.45) is 5.24. The highest BCUT2D eigenvalue weighted by Gasteiger charge is 2.26. The maximum Gasteiger partial charge on any atom is 0.226 e. The van der Waals surface area contributed by atoms with Gasteiger partial charge in [-0.1, -0.05) is 36.4 Å². The topological polar surface area (TPSA) is 55.0 Å². The largest absolute Gasteiger partial charge is 0.338 e. The molecule has 3 aromatic rings. The first-order valence-corrected chi connectivity index (χ1v) is 8.64. The zero-order valence-corrected chi connectivity index (χ0v) is 13.7. The summed E-state index contributed by atoms with van der Waals surface area (Å²) in [5.41, 5.74) is 7.86. The van der Waals surface area contributed by atoms with Gasteiger partial charge in [-0.15, -0.1) is 0 Å². The fraction of sp³-hybridized carbons (Fsp3) is 0.300. The van der Waals surface area contributed by atoms with Gasteiger partial charge in [-0.25, -0.2) is 9.97 Å². The van der Waals surface area contributed by atoms with E-state index in [-0.39, 0.29) is 0 Å². The summed E-state index contributed by atoms with van der Waals surface area (Å²) in [5, 5.41) is 2.48. The van der Waals surface area contributed by atoms with E-state index in [1.807, 2.05) is 12.3 Å². The van der Waals surface area contributed by atoms with Gasteiger partial charge in [-0.05, 0) is 48.7 Å². The third kappa shape index (κ3) is 2.85. The van der Waals surface area contributed by atoms with E-state index in [1.54, 1.807) is 0 Å². The second-order valence-electron chi connectivity index (χ2n) is 6.37. The Morgan fingerprint density at radius 3 is 2.83 bits per heavy atom. The molecule has 0 bridgehead atoms. The molecule has 2 heterocycles. The van der Waals surface area contributed by atoms with Gasteiger partial charge in [0.15, 0.2) is 0 Å². The molecule has 2 aromatic carbocycles. The fourth-order valence-corrected chi connectivity index (χ4v) is 3.59. The molecule has 1 unspecified atom stereocenters. The lowest BCUT2D eigenvalue weighted by Gasteiger charge is -2.24. The number of aromatic nitrogens is 2. The van der Waals surface area contributed by atoms with Crippen molar-refractivity contribution in [2.75, 3.05) is 18.0 Å². The van der Waals surface area contributed by atoms with Gasteiger partial charge in [0.25, 0.3) is 0 Å². The lowest BCUT2D eigenvalue weighted by molar-refractivity contribution is 0.609. The Kier molecular flexibility index (Phi) is 4.13. The van der Waals surface area contributed by atoms with Crippen LogP contribution in [-0.2, 0) is 0 Å². The number of hydrogen-bond acceptors (Lipinski definition) is 4. The number of benzene rings is 2. The molecule has 1 aliphatic rings. The third-order valence-corrected chi connectivity index (χ3v) is 4.82. The minimum absolute atomic E-state index is 0.474. The number of nitrogens with zero attached hydrogens (tertiary/aromatic N) is 3. The van der Waals surface area contributed by atoms with E-state index in [9.17, 15) is 0 Å². The van der Waals surface area contributed by atoms with Gasteiger partial charge >= 0.3 is 0 Å². The monoisotopic (exact) mass is 318 g/mol. The molecule has 2 N–H and O–H groups in total. The number of anilines is 1. The van der Waals surface area contributed by atoms with Crippen LogP contribution >= 0.6 is 0 Å². The van der Waals surface area contributed by atoms with Crippen LogP contribution in [0.1, 0.15) is 19.3 Å². The minimum atomic E-state index is 0.474. The minimum Gasteiger partial charge on any atom is -0.338 e. The van der Waals surface area contributed by atoms with E-state index in [0.29, 0.717) is 12.6 Å². The smallest absolute Gasteiger partial charge is 0.226 e. The van der Waals surface area contributed by atoms with Crippen molar-refractivity contribution in [3.05, 3.63) is 54.7 Å². The number of hydrogen-bond donors (Lipinski definition) is 1. The van der Waals surface area contributed by atoms with E-state index in [1.165, 1.54) is 23.6 Å². The Labute approximate surface area is 142 Å². The molecule has 1 atom stereocenters. The van der Waals surface area contributed by atoms with Crippen molar-refractivity contribution in [1.82, 2.24) is 9.97 Å². The van der Waals surface area contributed by atoms with Crippen LogP contribution in [0.15, 0.2) is 54.7 Å². The molecule has 1 fully saturated rings. The van der Waals surface area contributed by atoms with E-state index in [4.69, 9.17) is 10.7 Å². The molecule has 0 aliphatic carbocycles. The molecule has 0 radical (unpaired) electrons. The Morgan fingerprint density at radius 1 is 1.08 bits per heavy atom.